The van der Waals surface area contributed by atoms with Crippen molar-refractivity contribution in [2.45, 2.75) is 79.6 Å². The van der Waals surface area contributed by atoms with Gasteiger partial charge in [-0.15, -0.1) is 0 Å². The molecule has 4 aromatic heterocycles. The fourth-order valence-electron chi connectivity index (χ4n) is 13.0. The van der Waals surface area contributed by atoms with Crippen molar-refractivity contribution in [1.82, 2.24) is 18.3 Å². The molecule has 4 nitrogen and oxygen atoms in total. The van der Waals surface area contributed by atoms with Crippen LogP contribution in [0.25, 0.3) is 143 Å². The van der Waals surface area contributed by atoms with E-state index in [0.29, 0.717) is 0 Å². The summed E-state index contributed by atoms with van der Waals surface area (Å²) in [7, 11) is 0. The summed E-state index contributed by atoms with van der Waals surface area (Å²) < 4.78 is 10.0. The number of hydrogen-bond acceptors (Lipinski definition) is 0. The summed E-state index contributed by atoms with van der Waals surface area (Å²) >= 11 is 0. The van der Waals surface area contributed by atoms with Crippen molar-refractivity contribution in [3.8, 4) is 55.6 Å². The monoisotopic (exact) mass is 982 g/mol. The molecule has 0 radical (unpaired) electrons. The maximum atomic E-state index is 2.51. The van der Waals surface area contributed by atoms with Crippen molar-refractivity contribution in [2.24, 2.45) is 0 Å². The van der Waals surface area contributed by atoms with E-state index in [1.165, 1.54) is 143 Å². The molecule has 0 unspecified atom stereocenters. The van der Waals surface area contributed by atoms with E-state index in [-0.39, 0.29) is 0 Å². The fraction of sp³-hybridized carbons (Fsp3) is 0.167. The third-order valence-corrected chi connectivity index (χ3v) is 16.4. The lowest BCUT2D eigenvalue weighted by atomic mass is 9.89. The van der Waals surface area contributed by atoms with Crippen molar-refractivity contribution in [3.05, 3.63) is 206 Å². The Hall–Kier alpha value is -8.60. The first kappa shape index (κ1) is 46.0. The Kier molecular flexibility index (Phi) is 11.3. The molecule has 0 saturated carbocycles. The number of hydrogen-bond donors (Lipinski definition) is 0. The van der Waals surface area contributed by atoms with Crippen LogP contribution in [0.3, 0.4) is 0 Å². The molecule has 0 aliphatic carbocycles. The Balaban J connectivity index is 1.02. The van der Waals surface area contributed by atoms with Crippen molar-refractivity contribution in [3.63, 3.8) is 0 Å². The van der Waals surface area contributed by atoms with Crippen LogP contribution in [-0.4, -0.2) is 18.3 Å². The third kappa shape index (κ3) is 7.40. The zero-order valence-electron chi connectivity index (χ0n) is 44.1. The first-order valence-electron chi connectivity index (χ1n) is 27.9. The number of fused-ring (bicyclic) bond motifs is 12. The predicted octanol–water partition coefficient (Wildman–Crippen LogP) is 20.1. The lowest BCUT2D eigenvalue weighted by Gasteiger charge is -2.15. The number of rotatable bonds is 13. The van der Waals surface area contributed by atoms with E-state index >= 15 is 0 Å². The molecule has 14 rings (SSSR count). The van der Waals surface area contributed by atoms with Gasteiger partial charge in [-0.05, 0) is 191 Å². The molecule has 370 valence electrons. The Morgan fingerprint density at radius 2 is 0.395 bits per heavy atom. The van der Waals surface area contributed by atoms with E-state index in [2.05, 4.69) is 252 Å². The average molecular weight is 983 g/mol. The Labute approximate surface area is 444 Å². The zero-order valence-corrected chi connectivity index (χ0v) is 44.1. The van der Waals surface area contributed by atoms with Gasteiger partial charge in [0.05, 0.1) is 0 Å². The van der Waals surface area contributed by atoms with E-state index < -0.39 is 0 Å². The quantitative estimate of drug-likeness (QED) is 0.110. The van der Waals surface area contributed by atoms with Gasteiger partial charge in [0.2, 0.25) is 0 Å². The van der Waals surface area contributed by atoms with Gasteiger partial charge in [-0.2, -0.15) is 0 Å². The summed E-state index contributed by atoms with van der Waals surface area (Å²) in [6.45, 7) is 13.0. The van der Waals surface area contributed by atoms with Crippen LogP contribution in [0.4, 0.5) is 0 Å². The van der Waals surface area contributed by atoms with Gasteiger partial charge in [0.25, 0.3) is 0 Å². The highest BCUT2D eigenvalue weighted by Gasteiger charge is 2.19. The van der Waals surface area contributed by atoms with Crippen LogP contribution in [0, 0.1) is 0 Å². The van der Waals surface area contributed by atoms with Crippen molar-refractivity contribution in [1.29, 1.82) is 0 Å². The molecule has 10 aromatic carbocycles. The molecule has 0 spiro atoms. The molecule has 4 heteroatoms. The first-order chi connectivity index (χ1) is 37.5. The van der Waals surface area contributed by atoms with Crippen molar-refractivity contribution < 1.29 is 0 Å². The summed E-state index contributed by atoms with van der Waals surface area (Å²) in [5, 5.41) is 10.4. The maximum absolute atomic E-state index is 2.51. The molecule has 0 bridgehead atoms. The van der Waals surface area contributed by atoms with E-state index in [9.17, 15) is 0 Å². The van der Waals surface area contributed by atoms with Crippen LogP contribution in [0.5, 0.6) is 0 Å². The minimum atomic E-state index is 0.986. The summed E-state index contributed by atoms with van der Waals surface area (Å²) in [5.41, 5.74) is 22.4. The van der Waals surface area contributed by atoms with Crippen LogP contribution in [0.2, 0.25) is 0 Å². The van der Waals surface area contributed by atoms with E-state index in [0.717, 1.165) is 51.9 Å². The lowest BCUT2D eigenvalue weighted by molar-refractivity contribution is 0.724. The molecule has 76 heavy (non-hydrogen) atoms. The van der Waals surface area contributed by atoms with Gasteiger partial charge in [0.15, 0.2) is 0 Å². The second kappa shape index (κ2) is 18.7. The van der Waals surface area contributed by atoms with Gasteiger partial charge in [0, 0.05) is 113 Å². The normalized spacial score (nSPS) is 12.1. The highest BCUT2D eigenvalue weighted by atomic mass is 15.0. The van der Waals surface area contributed by atoms with Crippen LogP contribution in [0.1, 0.15) is 53.4 Å². The Bertz CT molecular complexity index is 4010. The van der Waals surface area contributed by atoms with Crippen LogP contribution in [-0.2, 0) is 26.2 Å². The smallest absolute Gasteiger partial charge is 0.0491 e. The standard InChI is InChI=1S/C72H62N4/c1-5-33-73-65-21-13-9-17-57(65)61-43-47(25-29-69(61)73)51-37-52(48-26-30-70-62(44-48)58-18-10-14-22-66(58)74(70)34-6-2)40-55(39-51)56-41-53(49-27-31-71-63(45-49)59-19-11-15-23-67(59)75(71)35-7-3)38-54(42-56)50-28-32-72-64(46-50)60-20-12-16-24-68(60)76(72)36-8-4/h9-32,37-46H,5-8,33-36H2,1-4H3. The summed E-state index contributed by atoms with van der Waals surface area (Å²) in [6.07, 6.45) is 4.32. The van der Waals surface area contributed by atoms with Crippen molar-refractivity contribution in [2.75, 3.05) is 0 Å². The summed E-state index contributed by atoms with van der Waals surface area (Å²) in [6, 6.07) is 79.1. The second-order valence-corrected chi connectivity index (χ2v) is 21.2. The number of aryl methyl sites for hydroxylation is 4. The molecule has 14 aromatic rings. The van der Waals surface area contributed by atoms with Crippen LogP contribution in [0.15, 0.2) is 206 Å². The lowest BCUT2D eigenvalue weighted by Crippen LogP contribution is -1.96. The van der Waals surface area contributed by atoms with Gasteiger partial charge >= 0.3 is 0 Å². The summed E-state index contributed by atoms with van der Waals surface area (Å²) in [5.74, 6) is 0. The molecular formula is C72H62N4. The average Bonchev–Trinajstić information content (AvgIpc) is 4.20. The third-order valence-electron chi connectivity index (χ3n) is 16.4. The van der Waals surface area contributed by atoms with Gasteiger partial charge in [-0.25, -0.2) is 0 Å². The fourth-order valence-corrected chi connectivity index (χ4v) is 13.0. The van der Waals surface area contributed by atoms with Crippen LogP contribution >= 0.6 is 0 Å². The molecule has 0 amide bonds. The second-order valence-electron chi connectivity index (χ2n) is 21.2. The number of benzene rings is 10. The highest BCUT2D eigenvalue weighted by Crippen LogP contribution is 2.43. The number of nitrogens with zero attached hydrogens (tertiary/aromatic N) is 4. The molecular weight excluding hydrogens is 921 g/mol. The van der Waals surface area contributed by atoms with E-state index in [4.69, 9.17) is 0 Å². The first-order valence-corrected chi connectivity index (χ1v) is 27.9. The zero-order chi connectivity index (χ0) is 51.0. The molecule has 0 fully saturated rings. The van der Waals surface area contributed by atoms with Gasteiger partial charge in [-0.3, -0.25) is 0 Å². The molecule has 0 aliphatic heterocycles. The summed E-state index contributed by atoms with van der Waals surface area (Å²) in [4.78, 5) is 0. The van der Waals surface area contributed by atoms with E-state index in [1.807, 2.05) is 0 Å². The number of para-hydroxylation sites is 4. The molecule has 0 aliphatic rings. The molecule has 0 atom stereocenters. The van der Waals surface area contributed by atoms with Gasteiger partial charge in [0.1, 0.15) is 0 Å². The van der Waals surface area contributed by atoms with Crippen molar-refractivity contribution >= 4 is 87.2 Å². The minimum Gasteiger partial charge on any atom is -0.340 e. The molecule has 4 heterocycles. The topological polar surface area (TPSA) is 19.7 Å². The Morgan fingerprint density at radius 1 is 0.197 bits per heavy atom. The minimum absolute atomic E-state index is 0.986. The SMILES string of the molecule is CCCn1c2ccccc2c2cc(-c3cc(-c4cc(-c5ccc6c(c5)c5ccccc5n6CCC)cc(-c5ccc6c(c5)c5ccccc5n6CCC)c4)cc(-c4ccc5c(c4)c4ccccc4n5CCC)c3)ccc21. The maximum Gasteiger partial charge on any atom is 0.0491 e. The van der Waals surface area contributed by atoms with E-state index in [1.54, 1.807) is 0 Å². The predicted molar refractivity (Wildman–Crippen MR) is 327 cm³/mol. The van der Waals surface area contributed by atoms with Crippen LogP contribution < -0.4 is 0 Å². The van der Waals surface area contributed by atoms with Gasteiger partial charge in [-0.1, -0.05) is 125 Å². The molecule has 0 N–H and O–H groups in total. The highest BCUT2D eigenvalue weighted by molar-refractivity contribution is 6.13. The largest absolute Gasteiger partial charge is 0.340 e. The number of aromatic nitrogens is 4. The molecule has 0 saturated heterocycles. The Morgan fingerprint density at radius 3 is 0.618 bits per heavy atom. The van der Waals surface area contributed by atoms with Gasteiger partial charge < -0.3 is 18.3 Å².